The van der Waals surface area contributed by atoms with Gasteiger partial charge in [-0.2, -0.15) is 28.1 Å². The van der Waals surface area contributed by atoms with E-state index in [1.807, 2.05) is 0 Å². The molecule has 0 saturated carbocycles. The molecule has 0 aliphatic rings. The molecule has 0 aliphatic heterocycles. The number of halogens is 6. The molecule has 1 N–H and O–H groups in total. The molecule has 52 heavy (non-hydrogen) atoms. The van der Waals surface area contributed by atoms with Gasteiger partial charge in [0.15, 0.2) is 10.3 Å². The summed E-state index contributed by atoms with van der Waals surface area (Å²) >= 11 is 6.10. The summed E-state index contributed by atoms with van der Waals surface area (Å²) in [5.41, 5.74) is 1.86. The van der Waals surface area contributed by atoms with Gasteiger partial charge >= 0.3 is 35.3 Å². The van der Waals surface area contributed by atoms with Crippen LogP contribution in [0.1, 0.15) is 18.6 Å². The van der Waals surface area contributed by atoms with Gasteiger partial charge in [-0.25, -0.2) is 14.8 Å². The van der Waals surface area contributed by atoms with Gasteiger partial charge in [0.1, 0.15) is 15.2 Å². The van der Waals surface area contributed by atoms with Gasteiger partial charge in [0.05, 0.1) is 47.0 Å². The van der Waals surface area contributed by atoms with E-state index >= 15 is 0 Å². The second kappa shape index (κ2) is 17.0. The van der Waals surface area contributed by atoms with Crippen molar-refractivity contribution in [2.45, 2.75) is 28.2 Å². The van der Waals surface area contributed by atoms with E-state index in [2.05, 4.69) is 54.0 Å². The molecule has 4 aromatic carbocycles. The first-order valence-corrected chi connectivity index (χ1v) is 16.8. The number of carbonyl (C=O) groups is 2. The molecule has 0 bridgehead atoms. The van der Waals surface area contributed by atoms with Gasteiger partial charge in [0.2, 0.25) is 0 Å². The zero-order valence-corrected chi connectivity index (χ0v) is 30.3. The minimum Gasteiger partial charge on any atom is -0.543 e. The molecule has 10 nitrogen and oxygen atoms in total. The Kier molecular flexibility index (Phi) is 13.8. The maximum absolute atomic E-state index is 13.6. The largest absolute Gasteiger partial charge is 1.00 e. The molecule has 2 heterocycles. The summed E-state index contributed by atoms with van der Waals surface area (Å²) in [5.74, 6) is -4.74. The Bertz CT molecular complexity index is 2230. The number of thioether (sulfide) groups is 2. The fourth-order valence-electron chi connectivity index (χ4n) is 4.68. The summed E-state index contributed by atoms with van der Waals surface area (Å²) in [7, 11) is 0. The third kappa shape index (κ3) is 8.50. The molecule has 0 spiro atoms. The number of benzene rings is 4. The first-order valence-electron chi connectivity index (χ1n) is 13.6. The number of aliphatic carboxylic acids is 2. The van der Waals surface area contributed by atoms with E-state index in [-0.39, 0.29) is 60.1 Å². The molecule has 0 radical (unpaired) electrons. The van der Waals surface area contributed by atoms with Crippen LogP contribution in [0.3, 0.4) is 0 Å². The zero-order chi connectivity index (χ0) is 36.4. The van der Waals surface area contributed by atoms with Crippen LogP contribution in [0.15, 0.2) is 105 Å². The molecule has 6 rings (SSSR count). The number of rotatable bonds is 8. The third-order valence-electron chi connectivity index (χ3n) is 6.82. The summed E-state index contributed by atoms with van der Waals surface area (Å²) in [6.07, 6.45) is 2.61. The third-order valence-corrected chi connectivity index (χ3v) is 9.74. The average molecular weight is 870 g/mol. The summed E-state index contributed by atoms with van der Waals surface area (Å²) in [6, 6.07) is 24.5. The fraction of sp³-hybridized carbons (Fsp3) is 0.0909. The standard InChI is InChI=1S/2C16H8BrF2N3O2S.CH4.Li/c2*17-13-8-21-15(25-16(18,19)14(23)24)22(13)12-6-5-9(7-20)10-3-1-2-4-11(10)12;;/h2*1-6,8H,(H,23,24);1H4;/q;;;+1/p-1. The fourth-order valence-corrected chi connectivity index (χ4v) is 7.25. The Hall–Kier alpha value is -4.28. The van der Waals surface area contributed by atoms with E-state index in [1.165, 1.54) is 21.5 Å². The number of nitriles is 2. The molecule has 0 saturated heterocycles. The molecular weight excluding hydrogens is 851 g/mol. The Balaban J connectivity index is 0.000000270. The predicted octanol–water partition coefficient (Wildman–Crippen LogP) is 5.16. The van der Waals surface area contributed by atoms with Crippen LogP contribution in [0, 0.1) is 22.7 Å². The zero-order valence-electron chi connectivity index (χ0n) is 25.5. The van der Waals surface area contributed by atoms with E-state index in [4.69, 9.17) is 5.11 Å². The first kappa shape index (κ1) is 42.1. The SMILES string of the molecule is C.N#Cc1ccc(-n2c(Br)cnc2SC(F)(F)C(=O)O)c2ccccc12.N#Cc1ccc(-n2c(Br)cnc2SC(F)(F)C(=O)[O-])c2ccccc12.[Li+]. The van der Waals surface area contributed by atoms with Gasteiger partial charge in [-0.15, -0.1) is 0 Å². The number of nitrogens with zero attached hydrogens (tertiary/aromatic N) is 6. The number of fused-ring (bicyclic) bond motifs is 2. The Morgan fingerprint density at radius 1 is 0.712 bits per heavy atom. The molecular formula is C33H19Br2F4LiN6O4S2. The van der Waals surface area contributed by atoms with Gasteiger partial charge in [0, 0.05) is 21.5 Å². The maximum atomic E-state index is 13.6. The summed E-state index contributed by atoms with van der Waals surface area (Å²) in [4.78, 5) is 29.1. The Morgan fingerprint density at radius 2 is 1.08 bits per heavy atom. The van der Waals surface area contributed by atoms with Crippen molar-refractivity contribution in [3.05, 3.63) is 106 Å². The number of hydrogen-bond acceptors (Lipinski definition) is 9. The number of alkyl halides is 4. The number of hydrogen-bond donors (Lipinski definition) is 1. The van der Waals surface area contributed by atoms with Crippen molar-refractivity contribution in [2.24, 2.45) is 0 Å². The van der Waals surface area contributed by atoms with E-state index in [0.29, 0.717) is 53.3 Å². The van der Waals surface area contributed by atoms with Gasteiger partial charge in [-0.05, 0) is 79.6 Å². The number of imidazole rings is 2. The molecule has 0 amide bonds. The summed E-state index contributed by atoms with van der Waals surface area (Å²) in [5, 5.41) is 31.7. The quantitative estimate of drug-likeness (QED) is 0.123. The van der Waals surface area contributed by atoms with Crippen LogP contribution in [0.4, 0.5) is 17.6 Å². The van der Waals surface area contributed by atoms with Crippen LogP contribution in [0.5, 0.6) is 0 Å². The van der Waals surface area contributed by atoms with Crippen LogP contribution >= 0.6 is 55.4 Å². The van der Waals surface area contributed by atoms with Crippen LogP contribution in [-0.2, 0) is 9.59 Å². The molecule has 0 unspecified atom stereocenters. The van der Waals surface area contributed by atoms with Gasteiger partial charge in [0.25, 0.3) is 0 Å². The van der Waals surface area contributed by atoms with Crippen LogP contribution < -0.4 is 24.0 Å². The summed E-state index contributed by atoms with van der Waals surface area (Å²) < 4.78 is 57.8. The van der Waals surface area contributed by atoms with Gasteiger partial charge < -0.3 is 15.0 Å². The van der Waals surface area contributed by atoms with Crippen molar-refractivity contribution < 1.29 is 56.2 Å². The van der Waals surface area contributed by atoms with E-state index in [9.17, 15) is 42.8 Å². The van der Waals surface area contributed by atoms with Crippen LogP contribution in [-0.4, -0.2) is 46.7 Å². The first-order chi connectivity index (χ1) is 23.7. The predicted molar refractivity (Wildman–Crippen MR) is 188 cm³/mol. The van der Waals surface area contributed by atoms with Crippen molar-refractivity contribution in [3.8, 4) is 23.5 Å². The smallest absolute Gasteiger partial charge is 0.543 e. The van der Waals surface area contributed by atoms with E-state index in [0.717, 1.165) is 0 Å². The molecule has 0 atom stereocenters. The minimum atomic E-state index is -4.13. The van der Waals surface area contributed by atoms with Crippen molar-refractivity contribution in [3.63, 3.8) is 0 Å². The number of carboxylic acids is 2. The topological polar surface area (TPSA) is 161 Å². The van der Waals surface area contributed by atoms with Crippen molar-refractivity contribution >= 4 is 88.9 Å². The van der Waals surface area contributed by atoms with Crippen molar-refractivity contribution in [1.29, 1.82) is 10.5 Å². The number of aromatic nitrogens is 4. The van der Waals surface area contributed by atoms with Crippen LogP contribution in [0.25, 0.3) is 32.9 Å². The molecule has 6 aromatic rings. The van der Waals surface area contributed by atoms with Gasteiger partial charge in [-0.1, -0.05) is 56.0 Å². The number of carbonyl (C=O) groups excluding carboxylic acids is 1. The normalized spacial score (nSPS) is 11.0. The monoisotopic (exact) mass is 868 g/mol. The Labute approximate surface area is 329 Å². The Morgan fingerprint density at radius 3 is 1.42 bits per heavy atom. The molecule has 19 heteroatoms. The summed E-state index contributed by atoms with van der Waals surface area (Å²) in [6.45, 7) is 0. The van der Waals surface area contributed by atoms with E-state index < -0.39 is 22.4 Å². The number of carboxylic acid groups (broad SMARTS) is 2. The second-order valence-corrected chi connectivity index (χ2v) is 13.6. The molecule has 0 aliphatic carbocycles. The maximum Gasteiger partial charge on any atom is 1.00 e. The van der Waals surface area contributed by atoms with Gasteiger partial charge in [-0.3, -0.25) is 9.13 Å². The molecule has 260 valence electrons. The second-order valence-electron chi connectivity index (χ2n) is 9.81. The van der Waals surface area contributed by atoms with Crippen molar-refractivity contribution in [2.75, 3.05) is 0 Å². The van der Waals surface area contributed by atoms with Crippen LogP contribution in [0.2, 0.25) is 0 Å². The minimum absolute atomic E-state index is 0. The molecule has 0 fully saturated rings. The average Bonchev–Trinajstić information content (AvgIpc) is 3.63. The van der Waals surface area contributed by atoms with Crippen molar-refractivity contribution in [1.82, 2.24) is 19.1 Å². The van der Waals surface area contributed by atoms with E-state index in [1.54, 1.807) is 72.8 Å². The molecule has 2 aromatic heterocycles.